The number of hydrogen-bond acceptors (Lipinski definition) is 3. The zero-order chi connectivity index (χ0) is 25.2. The Kier molecular flexibility index (Phi) is 6.81. The normalized spacial score (nSPS) is 15.3. The second kappa shape index (κ2) is 10.2. The van der Waals surface area contributed by atoms with Gasteiger partial charge in [-0.2, -0.15) is 0 Å². The summed E-state index contributed by atoms with van der Waals surface area (Å²) in [6.07, 6.45) is 10.4. The molecule has 1 atom stereocenters. The molecule has 2 heterocycles. The van der Waals surface area contributed by atoms with E-state index in [4.69, 9.17) is 5.21 Å². The number of rotatable bonds is 8. The van der Waals surface area contributed by atoms with Crippen molar-refractivity contribution in [3.63, 3.8) is 0 Å². The minimum atomic E-state index is -0.524. The maximum absolute atomic E-state index is 11.4. The van der Waals surface area contributed by atoms with Crippen molar-refractivity contribution in [3.05, 3.63) is 99.5 Å². The van der Waals surface area contributed by atoms with E-state index in [1.54, 1.807) is 11.6 Å². The van der Waals surface area contributed by atoms with Crippen LogP contribution in [-0.2, 0) is 24.2 Å². The van der Waals surface area contributed by atoms with Crippen molar-refractivity contribution in [1.82, 2.24) is 20.3 Å². The van der Waals surface area contributed by atoms with Gasteiger partial charge in [0.1, 0.15) is 0 Å². The van der Waals surface area contributed by atoms with Gasteiger partial charge < -0.3 is 9.97 Å². The highest BCUT2D eigenvalue weighted by atomic mass is 16.5. The second-order valence-electron chi connectivity index (χ2n) is 9.98. The first-order chi connectivity index (χ1) is 17.4. The molecule has 0 bridgehead atoms. The van der Waals surface area contributed by atoms with Crippen molar-refractivity contribution >= 4 is 22.9 Å². The molecular formula is C30H34N4O2. The quantitative estimate of drug-likeness (QED) is 0.148. The van der Waals surface area contributed by atoms with Gasteiger partial charge in [0.15, 0.2) is 0 Å². The summed E-state index contributed by atoms with van der Waals surface area (Å²) in [5.41, 5.74) is 13.1. The number of benzene rings is 2. The fraction of sp³-hybridized carbons (Fsp3) is 0.300. The first-order valence-electron chi connectivity index (χ1n) is 12.6. The third kappa shape index (κ3) is 4.87. The van der Waals surface area contributed by atoms with E-state index in [2.05, 4.69) is 84.4 Å². The van der Waals surface area contributed by atoms with Gasteiger partial charge in [0.25, 0.3) is 5.91 Å². The summed E-state index contributed by atoms with van der Waals surface area (Å²) in [5, 5.41) is 10.0. The number of nitrogens with one attached hydrogen (secondary N) is 3. The molecule has 36 heavy (non-hydrogen) atoms. The van der Waals surface area contributed by atoms with E-state index in [1.165, 1.54) is 56.1 Å². The molecule has 1 aliphatic carbocycles. The number of hydrogen-bond donors (Lipinski definition) is 4. The third-order valence-corrected chi connectivity index (χ3v) is 7.58. The molecule has 5 rings (SSSR count). The van der Waals surface area contributed by atoms with E-state index in [9.17, 15) is 4.79 Å². The molecular weight excluding hydrogens is 448 g/mol. The highest BCUT2D eigenvalue weighted by Gasteiger charge is 2.29. The van der Waals surface area contributed by atoms with Crippen molar-refractivity contribution in [2.45, 2.75) is 52.6 Å². The predicted octanol–water partition coefficient (Wildman–Crippen LogP) is 5.67. The summed E-state index contributed by atoms with van der Waals surface area (Å²) in [4.78, 5) is 20.9. The fourth-order valence-electron chi connectivity index (χ4n) is 5.56. The Bertz CT molecular complexity index is 1410. The SMILES string of the molecule is Cc1ccc2c(CCN(Cc3c(C)c[nH]c3C)C3CCc4cc(C=CC(=O)NO)ccc43)c[nH]c2c1. The molecule has 6 heteroatoms. The van der Waals surface area contributed by atoms with Crippen LogP contribution in [0.4, 0.5) is 0 Å². The van der Waals surface area contributed by atoms with Crippen molar-refractivity contribution < 1.29 is 10.0 Å². The zero-order valence-corrected chi connectivity index (χ0v) is 21.2. The molecule has 186 valence electrons. The number of aromatic amines is 2. The smallest absolute Gasteiger partial charge is 0.267 e. The van der Waals surface area contributed by atoms with E-state index < -0.39 is 5.91 Å². The molecule has 1 aliphatic rings. The largest absolute Gasteiger partial charge is 0.365 e. The molecule has 0 fully saturated rings. The lowest BCUT2D eigenvalue weighted by atomic mass is 10.0. The molecule has 6 nitrogen and oxygen atoms in total. The van der Waals surface area contributed by atoms with Gasteiger partial charge in [-0.3, -0.25) is 14.9 Å². The Morgan fingerprint density at radius 2 is 2.00 bits per heavy atom. The van der Waals surface area contributed by atoms with Crippen LogP contribution < -0.4 is 5.48 Å². The molecule has 0 spiro atoms. The molecule has 0 aliphatic heterocycles. The van der Waals surface area contributed by atoms with Crippen LogP contribution in [0.2, 0.25) is 0 Å². The summed E-state index contributed by atoms with van der Waals surface area (Å²) >= 11 is 0. The molecule has 1 unspecified atom stereocenters. The molecule has 2 aromatic heterocycles. The number of nitrogens with zero attached hydrogens (tertiary/aromatic N) is 1. The van der Waals surface area contributed by atoms with Crippen LogP contribution in [0.25, 0.3) is 17.0 Å². The Morgan fingerprint density at radius 3 is 2.78 bits per heavy atom. The van der Waals surface area contributed by atoms with Crippen LogP contribution >= 0.6 is 0 Å². The van der Waals surface area contributed by atoms with Crippen LogP contribution in [0.5, 0.6) is 0 Å². The van der Waals surface area contributed by atoms with Crippen molar-refractivity contribution in [3.8, 4) is 0 Å². The van der Waals surface area contributed by atoms with Gasteiger partial charge >= 0.3 is 0 Å². The molecule has 1 amide bonds. The average Bonchev–Trinajstić information content (AvgIpc) is 3.57. The number of carbonyl (C=O) groups is 1. The van der Waals surface area contributed by atoms with E-state index in [-0.39, 0.29) is 0 Å². The monoisotopic (exact) mass is 482 g/mol. The van der Waals surface area contributed by atoms with Crippen LogP contribution in [0.15, 0.2) is 54.9 Å². The fourth-order valence-corrected chi connectivity index (χ4v) is 5.56. The van der Waals surface area contributed by atoms with Crippen molar-refractivity contribution in [2.75, 3.05) is 6.54 Å². The Morgan fingerprint density at radius 1 is 1.14 bits per heavy atom. The minimum absolute atomic E-state index is 0.347. The van der Waals surface area contributed by atoms with Gasteiger partial charge in [-0.1, -0.05) is 30.3 Å². The van der Waals surface area contributed by atoms with E-state index in [0.29, 0.717) is 6.04 Å². The number of hydroxylamine groups is 1. The number of fused-ring (bicyclic) bond motifs is 2. The maximum Gasteiger partial charge on any atom is 0.267 e. The summed E-state index contributed by atoms with van der Waals surface area (Å²) in [5.74, 6) is -0.524. The van der Waals surface area contributed by atoms with Crippen LogP contribution in [-0.4, -0.2) is 32.5 Å². The lowest BCUT2D eigenvalue weighted by Crippen LogP contribution is -2.29. The van der Waals surface area contributed by atoms with Gasteiger partial charge in [0, 0.05) is 54.2 Å². The lowest BCUT2D eigenvalue weighted by Gasteiger charge is -2.30. The van der Waals surface area contributed by atoms with Gasteiger partial charge in [-0.25, -0.2) is 5.48 Å². The lowest BCUT2D eigenvalue weighted by molar-refractivity contribution is -0.124. The number of carbonyl (C=O) groups excluding carboxylic acids is 1. The summed E-state index contributed by atoms with van der Waals surface area (Å²) < 4.78 is 0. The number of aryl methyl sites for hydroxylation is 4. The maximum atomic E-state index is 11.4. The highest BCUT2D eigenvalue weighted by Crippen LogP contribution is 2.38. The Balaban J connectivity index is 1.41. The summed E-state index contributed by atoms with van der Waals surface area (Å²) in [6, 6.07) is 13.4. The first-order valence-corrected chi connectivity index (χ1v) is 12.6. The third-order valence-electron chi connectivity index (χ3n) is 7.58. The summed E-state index contributed by atoms with van der Waals surface area (Å²) in [6.45, 7) is 8.34. The van der Waals surface area contributed by atoms with Gasteiger partial charge in [-0.05, 0) is 91.1 Å². The van der Waals surface area contributed by atoms with Crippen LogP contribution in [0.3, 0.4) is 0 Å². The zero-order valence-electron chi connectivity index (χ0n) is 21.2. The van der Waals surface area contributed by atoms with Crippen LogP contribution in [0, 0.1) is 20.8 Å². The number of H-pyrrole nitrogens is 2. The molecule has 4 N–H and O–H groups in total. The standard InChI is InChI=1S/C30H34N4O2/c1-19-4-8-25-24(17-32-28(25)14-19)12-13-34(18-27-20(2)16-31-21(27)3)29-10-7-23-15-22(5-9-26(23)29)6-11-30(35)33-36/h4-6,8-9,11,14-17,29,31-32,36H,7,10,12-13,18H2,1-3H3,(H,33,35). The number of amides is 1. The average molecular weight is 483 g/mol. The van der Waals surface area contributed by atoms with Crippen molar-refractivity contribution in [2.24, 2.45) is 0 Å². The molecule has 0 radical (unpaired) electrons. The topological polar surface area (TPSA) is 84.2 Å². The van der Waals surface area contributed by atoms with Crippen LogP contribution in [0.1, 0.15) is 57.1 Å². The highest BCUT2D eigenvalue weighted by molar-refractivity contribution is 5.90. The second-order valence-corrected chi connectivity index (χ2v) is 9.98. The van der Waals surface area contributed by atoms with Crippen molar-refractivity contribution in [1.29, 1.82) is 0 Å². The van der Waals surface area contributed by atoms with Gasteiger partial charge in [-0.15, -0.1) is 0 Å². The molecule has 0 saturated carbocycles. The Labute approximate surface area is 212 Å². The van der Waals surface area contributed by atoms with E-state index in [0.717, 1.165) is 37.9 Å². The molecule has 2 aromatic carbocycles. The summed E-state index contributed by atoms with van der Waals surface area (Å²) in [7, 11) is 0. The molecule has 0 saturated heterocycles. The Hall–Kier alpha value is -3.61. The minimum Gasteiger partial charge on any atom is -0.365 e. The number of aromatic nitrogens is 2. The first kappa shape index (κ1) is 24.1. The van der Waals surface area contributed by atoms with Gasteiger partial charge in [0.2, 0.25) is 0 Å². The predicted molar refractivity (Wildman–Crippen MR) is 144 cm³/mol. The van der Waals surface area contributed by atoms with Gasteiger partial charge in [0.05, 0.1) is 0 Å². The van der Waals surface area contributed by atoms with E-state index >= 15 is 0 Å². The van der Waals surface area contributed by atoms with E-state index in [1.807, 2.05) is 0 Å². The molecule has 4 aromatic rings.